The number of hydrogen-bond acceptors (Lipinski definition) is 4. The summed E-state index contributed by atoms with van der Waals surface area (Å²) in [7, 11) is 4.25. The molecule has 3 nitrogen and oxygen atoms in total. The van der Waals surface area contributed by atoms with Gasteiger partial charge in [-0.2, -0.15) is 0 Å². The first kappa shape index (κ1) is 15.6. The third kappa shape index (κ3) is 3.39. The molecule has 0 fully saturated rings. The molecule has 1 unspecified atom stereocenters. The third-order valence-corrected chi connectivity index (χ3v) is 5.64. The summed E-state index contributed by atoms with van der Waals surface area (Å²) in [5.41, 5.74) is 3.65. The summed E-state index contributed by atoms with van der Waals surface area (Å²) in [6.07, 6.45) is 3.36. The molecule has 0 bridgehead atoms. The molecule has 22 heavy (non-hydrogen) atoms. The largest absolute Gasteiger partial charge is 0.306 e. The molecule has 4 heteroatoms. The Labute approximate surface area is 137 Å². The van der Waals surface area contributed by atoms with Crippen molar-refractivity contribution in [3.8, 4) is 0 Å². The molecule has 1 aromatic carbocycles. The van der Waals surface area contributed by atoms with Crippen LogP contribution < -0.4 is 0 Å². The highest BCUT2D eigenvalue weighted by Crippen LogP contribution is 2.26. The van der Waals surface area contributed by atoms with Gasteiger partial charge >= 0.3 is 0 Å². The van der Waals surface area contributed by atoms with Crippen LogP contribution in [0.4, 0.5) is 0 Å². The highest BCUT2D eigenvalue weighted by molar-refractivity contribution is 7.18. The zero-order chi connectivity index (χ0) is 15.7. The van der Waals surface area contributed by atoms with Crippen molar-refractivity contribution < 1.29 is 0 Å². The Morgan fingerprint density at radius 1 is 1.36 bits per heavy atom. The maximum atomic E-state index is 4.84. The first-order valence-corrected chi connectivity index (χ1v) is 8.94. The molecule has 3 rings (SSSR count). The molecule has 2 atom stereocenters. The summed E-state index contributed by atoms with van der Waals surface area (Å²) >= 11 is 1.82. The summed E-state index contributed by atoms with van der Waals surface area (Å²) in [6.45, 7) is 5.49. The predicted molar refractivity (Wildman–Crippen MR) is 96.3 cm³/mol. The molecule has 0 saturated heterocycles. The molecule has 0 N–H and O–H groups in total. The van der Waals surface area contributed by atoms with Gasteiger partial charge in [-0.15, -0.1) is 11.3 Å². The Kier molecular flexibility index (Phi) is 4.59. The average molecular weight is 315 g/mol. The van der Waals surface area contributed by atoms with Crippen molar-refractivity contribution in [2.45, 2.75) is 39.2 Å². The minimum Gasteiger partial charge on any atom is -0.306 e. The summed E-state index contributed by atoms with van der Waals surface area (Å²) in [6, 6.07) is 7.18. The quantitative estimate of drug-likeness (QED) is 0.853. The Bertz CT molecular complexity index is 687. The van der Waals surface area contributed by atoms with Crippen LogP contribution in [0.1, 0.15) is 37.3 Å². The summed E-state index contributed by atoms with van der Waals surface area (Å²) in [5, 5.41) is 1.23. The first-order valence-electron chi connectivity index (χ1n) is 8.12. The maximum Gasteiger partial charge on any atom is 0.0954 e. The van der Waals surface area contributed by atoms with Gasteiger partial charge in [0.05, 0.1) is 15.2 Å². The molecule has 0 aliphatic carbocycles. The van der Waals surface area contributed by atoms with Gasteiger partial charge in [0, 0.05) is 24.7 Å². The summed E-state index contributed by atoms with van der Waals surface area (Å²) in [4.78, 5) is 11.8. The second-order valence-corrected chi connectivity index (χ2v) is 7.85. The number of fused-ring (bicyclic) bond motifs is 1. The summed E-state index contributed by atoms with van der Waals surface area (Å²) in [5.74, 6) is 0.728. The Balaban J connectivity index is 1.84. The van der Waals surface area contributed by atoms with E-state index in [0.29, 0.717) is 6.04 Å². The van der Waals surface area contributed by atoms with Crippen LogP contribution in [0.5, 0.6) is 0 Å². The van der Waals surface area contributed by atoms with Crippen molar-refractivity contribution in [2.75, 3.05) is 20.6 Å². The number of aliphatic imine (C=N–C) groups is 1. The number of benzene rings is 1. The molecule has 2 heterocycles. The highest BCUT2D eigenvalue weighted by Gasteiger charge is 2.15. The molecular formula is C18H25N3S. The minimum atomic E-state index is 0.518. The van der Waals surface area contributed by atoms with E-state index in [0.717, 1.165) is 30.8 Å². The van der Waals surface area contributed by atoms with E-state index in [1.54, 1.807) is 0 Å². The van der Waals surface area contributed by atoms with Gasteiger partial charge in [-0.25, -0.2) is 4.98 Å². The van der Waals surface area contributed by atoms with Crippen molar-refractivity contribution in [3.63, 3.8) is 0 Å². The van der Waals surface area contributed by atoms with Crippen molar-refractivity contribution in [1.29, 1.82) is 0 Å². The molecule has 0 spiro atoms. The van der Waals surface area contributed by atoms with Crippen molar-refractivity contribution in [2.24, 2.45) is 10.9 Å². The van der Waals surface area contributed by atoms with Gasteiger partial charge in [-0.05, 0) is 57.5 Å². The maximum absolute atomic E-state index is 4.84. The molecular weight excluding hydrogens is 290 g/mol. The van der Waals surface area contributed by atoms with E-state index in [2.05, 4.69) is 51.0 Å². The lowest BCUT2D eigenvalue weighted by Gasteiger charge is -2.17. The van der Waals surface area contributed by atoms with Crippen LogP contribution in [-0.2, 0) is 6.42 Å². The molecule has 0 amide bonds. The monoisotopic (exact) mass is 315 g/mol. The zero-order valence-electron chi connectivity index (χ0n) is 14.0. The molecule has 0 saturated carbocycles. The van der Waals surface area contributed by atoms with E-state index in [4.69, 9.17) is 9.98 Å². The SMILES string of the molecule is CC1CCC(c2ccc3sc(C[C@@H](C)N(C)C)nc3c2)=NC1. The lowest BCUT2D eigenvalue weighted by molar-refractivity contribution is 0.312. The van der Waals surface area contributed by atoms with Crippen molar-refractivity contribution >= 4 is 27.3 Å². The number of likely N-dealkylation sites (N-methyl/N-ethyl adjacent to an activating group) is 1. The van der Waals surface area contributed by atoms with E-state index in [1.807, 2.05) is 11.3 Å². The fourth-order valence-electron chi connectivity index (χ4n) is 2.73. The fraction of sp³-hybridized carbons (Fsp3) is 0.556. The van der Waals surface area contributed by atoms with E-state index < -0.39 is 0 Å². The first-order chi connectivity index (χ1) is 10.5. The van der Waals surface area contributed by atoms with Crippen LogP contribution in [0, 0.1) is 5.92 Å². The van der Waals surface area contributed by atoms with Crippen LogP contribution in [0.2, 0.25) is 0 Å². The van der Waals surface area contributed by atoms with E-state index in [1.165, 1.54) is 27.4 Å². The standard InChI is InChI=1S/C18H25N3S/c1-12-5-7-15(19-11-12)14-6-8-17-16(10-14)20-18(22-17)9-13(2)21(3)4/h6,8,10,12-13H,5,7,9,11H2,1-4H3/t12?,13-/m1/s1. The number of nitrogens with zero attached hydrogens (tertiary/aromatic N) is 3. The summed E-state index contributed by atoms with van der Waals surface area (Å²) < 4.78 is 1.29. The Hall–Kier alpha value is -1.26. The van der Waals surface area contributed by atoms with Gasteiger partial charge in [0.25, 0.3) is 0 Å². The molecule has 2 aromatic rings. The highest BCUT2D eigenvalue weighted by atomic mass is 32.1. The second-order valence-electron chi connectivity index (χ2n) is 6.74. The van der Waals surface area contributed by atoms with Gasteiger partial charge in [0.15, 0.2) is 0 Å². The fourth-order valence-corrected chi connectivity index (χ4v) is 3.80. The minimum absolute atomic E-state index is 0.518. The third-order valence-electron chi connectivity index (χ3n) is 4.58. The number of rotatable bonds is 4. The van der Waals surface area contributed by atoms with Gasteiger partial charge < -0.3 is 4.90 Å². The van der Waals surface area contributed by atoms with Gasteiger partial charge in [-0.1, -0.05) is 13.0 Å². The molecule has 1 aliphatic heterocycles. The van der Waals surface area contributed by atoms with Crippen molar-refractivity contribution in [1.82, 2.24) is 9.88 Å². The Morgan fingerprint density at radius 3 is 2.86 bits per heavy atom. The predicted octanol–water partition coefficient (Wildman–Crippen LogP) is 4.01. The Morgan fingerprint density at radius 2 is 2.18 bits per heavy atom. The lowest BCUT2D eigenvalue weighted by Crippen LogP contribution is -2.26. The van der Waals surface area contributed by atoms with Gasteiger partial charge in [0.1, 0.15) is 0 Å². The normalized spacial score (nSPS) is 20.4. The van der Waals surface area contributed by atoms with E-state index in [9.17, 15) is 0 Å². The van der Waals surface area contributed by atoms with Crippen LogP contribution in [-0.4, -0.2) is 42.3 Å². The number of aromatic nitrogens is 1. The zero-order valence-corrected chi connectivity index (χ0v) is 14.8. The number of thiazole rings is 1. The van der Waals surface area contributed by atoms with E-state index in [-0.39, 0.29) is 0 Å². The van der Waals surface area contributed by atoms with Crippen LogP contribution >= 0.6 is 11.3 Å². The smallest absolute Gasteiger partial charge is 0.0954 e. The average Bonchev–Trinajstić information content (AvgIpc) is 2.89. The molecule has 1 aliphatic rings. The van der Waals surface area contributed by atoms with Crippen LogP contribution in [0.15, 0.2) is 23.2 Å². The lowest BCUT2D eigenvalue weighted by atomic mass is 9.96. The second kappa shape index (κ2) is 6.47. The van der Waals surface area contributed by atoms with Crippen LogP contribution in [0.25, 0.3) is 10.2 Å². The van der Waals surface area contributed by atoms with E-state index >= 15 is 0 Å². The van der Waals surface area contributed by atoms with Gasteiger partial charge in [-0.3, -0.25) is 4.99 Å². The van der Waals surface area contributed by atoms with Gasteiger partial charge in [0.2, 0.25) is 0 Å². The van der Waals surface area contributed by atoms with Crippen LogP contribution in [0.3, 0.4) is 0 Å². The molecule has 1 aromatic heterocycles. The molecule has 118 valence electrons. The van der Waals surface area contributed by atoms with Crippen molar-refractivity contribution in [3.05, 3.63) is 28.8 Å². The topological polar surface area (TPSA) is 28.5 Å². The number of hydrogen-bond donors (Lipinski definition) is 0. The molecule has 0 radical (unpaired) electrons.